The van der Waals surface area contributed by atoms with Gasteiger partial charge in [-0.25, -0.2) is 13.8 Å². The second kappa shape index (κ2) is 12.4. The molecule has 4 aromatic rings. The lowest BCUT2D eigenvalue weighted by molar-refractivity contribution is -0.136. The molecule has 2 aliphatic heterocycles. The van der Waals surface area contributed by atoms with E-state index in [-0.39, 0.29) is 29.6 Å². The number of carbonyl (C=O) groups is 1. The van der Waals surface area contributed by atoms with Gasteiger partial charge >= 0.3 is 0 Å². The Morgan fingerprint density at radius 3 is 2.48 bits per heavy atom. The molecule has 7 rings (SSSR count). The molecule has 1 aliphatic carbocycles. The van der Waals surface area contributed by atoms with Crippen LogP contribution in [0.1, 0.15) is 55.8 Å². The molecule has 230 valence electrons. The standard InChI is InChI=1S/C32H35F2N7O3/c33-29(34)30-36-25-3-1-2-4-26(25)41(30)27-19-28(38-32(37-27)39-15-17-43-18-16-39)44-24-7-5-22(6-8-24)31(42)40-14-11-23(20-40)21-9-12-35-13-10-21/h1-4,9-10,12-13,19,22-24,29H,5-8,11,14-18,20H2/t22-,23?,24-. The highest BCUT2D eigenvalue weighted by molar-refractivity contribution is 5.79. The van der Waals surface area contributed by atoms with Crippen molar-refractivity contribution in [2.24, 2.45) is 5.92 Å². The summed E-state index contributed by atoms with van der Waals surface area (Å²) < 4.78 is 41.7. The van der Waals surface area contributed by atoms with Crippen molar-refractivity contribution in [1.29, 1.82) is 0 Å². The lowest BCUT2D eigenvalue weighted by Crippen LogP contribution is -2.38. The van der Waals surface area contributed by atoms with Crippen molar-refractivity contribution in [3.8, 4) is 11.7 Å². The Morgan fingerprint density at radius 2 is 1.70 bits per heavy atom. The van der Waals surface area contributed by atoms with Gasteiger partial charge in [-0.15, -0.1) is 0 Å². The van der Waals surface area contributed by atoms with Gasteiger partial charge in [0.2, 0.25) is 17.7 Å². The number of pyridine rings is 1. The first kappa shape index (κ1) is 28.6. The van der Waals surface area contributed by atoms with E-state index >= 15 is 0 Å². The van der Waals surface area contributed by atoms with Crippen LogP contribution in [0.15, 0.2) is 54.9 Å². The second-order valence-electron chi connectivity index (χ2n) is 11.7. The smallest absolute Gasteiger partial charge is 0.296 e. The molecule has 3 aromatic heterocycles. The number of rotatable bonds is 7. The number of halogens is 2. The van der Waals surface area contributed by atoms with Crippen LogP contribution >= 0.6 is 0 Å². The summed E-state index contributed by atoms with van der Waals surface area (Å²) in [4.78, 5) is 35.1. The normalized spacial score (nSPS) is 22.6. The van der Waals surface area contributed by atoms with Crippen LogP contribution in [0, 0.1) is 5.92 Å². The summed E-state index contributed by atoms with van der Waals surface area (Å²) in [5, 5.41) is 0. The monoisotopic (exact) mass is 603 g/mol. The summed E-state index contributed by atoms with van der Waals surface area (Å²) >= 11 is 0. The Labute approximate surface area is 254 Å². The van der Waals surface area contributed by atoms with E-state index in [0.717, 1.165) is 32.4 Å². The number of likely N-dealkylation sites (tertiary alicyclic amines) is 1. The molecule has 2 saturated heterocycles. The third kappa shape index (κ3) is 5.82. The summed E-state index contributed by atoms with van der Waals surface area (Å²) in [6, 6.07) is 12.7. The van der Waals surface area contributed by atoms with E-state index < -0.39 is 6.43 Å². The molecule has 3 aliphatic rings. The number of anilines is 1. The second-order valence-corrected chi connectivity index (χ2v) is 11.7. The molecule has 5 heterocycles. The number of nitrogens with zero attached hydrogens (tertiary/aromatic N) is 7. The van der Waals surface area contributed by atoms with Gasteiger partial charge in [-0.2, -0.15) is 9.97 Å². The van der Waals surface area contributed by atoms with Gasteiger partial charge < -0.3 is 19.3 Å². The van der Waals surface area contributed by atoms with Crippen molar-refractivity contribution in [1.82, 2.24) is 29.4 Å². The fraction of sp³-hybridized carbons (Fsp3) is 0.469. The van der Waals surface area contributed by atoms with E-state index in [4.69, 9.17) is 19.4 Å². The molecule has 1 amide bonds. The largest absolute Gasteiger partial charge is 0.474 e. The molecule has 1 atom stereocenters. The van der Waals surface area contributed by atoms with E-state index in [1.165, 1.54) is 10.1 Å². The zero-order valence-electron chi connectivity index (χ0n) is 24.4. The van der Waals surface area contributed by atoms with Gasteiger partial charge in [-0.3, -0.25) is 14.3 Å². The highest BCUT2D eigenvalue weighted by atomic mass is 19.3. The van der Waals surface area contributed by atoms with E-state index in [1.54, 1.807) is 42.7 Å². The SMILES string of the molecule is O=C([C@H]1CC[C@H](Oc2cc(-n3c(C(F)F)nc4ccccc43)nc(N3CCOCC3)n2)CC1)N1CCC(c2ccncc2)C1. The number of aromatic nitrogens is 5. The van der Waals surface area contributed by atoms with Crippen molar-refractivity contribution in [3.05, 3.63) is 66.2 Å². The van der Waals surface area contributed by atoms with Gasteiger partial charge in [-0.05, 0) is 61.9 Å². The van der Waals surface area contributed by atoms with Crippen LogP contribution in [0.4, 0.5) is 14.7 Å². The van der Waals surface area contributed by atoms with E-state index in [2.05, 4.69) is 9.97 Å². The van der Waals surface area contributed by atoms with Crippen LogP contribution in [0.5, 0.6) is 5.88 Å². The third-order valence-corrected chi connectivity index (χ3v) is 8.97. The summed E-state index contributed by atoms with van der Waals surface area (Å²) in [5.74, 6) is 1.18. The molecule has 44 heavy (non-hydrogen) atoms. The Kier molecular flexibility index (Phi) is 8.07. The van der Waals surface area contributed by atoms with Gasteiger partial charge in [0.05, 0.1) is 24.2 Å². The zero-order valence-corrected chi connectivity index (χ0v) is 24.4. The number of alkyl halides is 2. The van der Waals surface area contributed by atoms with Gasteiger partial charge in [0.1, 0.15) is 11.9 Å². The van der Waals surface area contributed by atoms with Crippen molar-refractivity contribution in [2.45, 2.75) is 50.6 Å². The molecule has 12 heteroatoms. The molecule has 1 saturated carbocycles. The number of carbonyl (C=O) groups excluding carboxylic acids is 1. The third-order valence-electron chi connectivity index (χ3n) is 8.97. The summed E-state index contributed by atoms with van der Waals surface area (Å²) in [6.07, 6.45) is 4.53. The average molecular weight is 604 g/mol. The number of morpholine rings is 1. The number of imidazole rings is 1. The lowest BCUT2D eigenvalue weighted by atomic mass is 9.86. The number of hydrogen-bond acceptors (Lipinski definition) is 8. The van der Waals surface area contributed by atoms with Crippen LogP contribution in [0.25, 0.3) is 16.9 Å². The van der Waals surface area contributed by atoms with Crippen molar-refractivity contribution >= 4 is 22.9 Å². The van der Waals surface area contributed by atoms with Crippen LogP contribution in [-0.2, 0) is 9.53 Å². The molecular formula is C32H35F2N7O3. The van der Waals surface area contributed by atoms with E-state index in [0.29, 0.717) is 67.9 Å². The van der Waals surface area contributed by atoms with Gasteiger partial charge in [0.15, 0.2) is 5.82 Å². The topological polar surface area (TPSA) is 98.5 Å². The quantitative estimate of drug-likeness (QED) is 0.293. The number of fused-ring (bicyclic) bond motifs is 1. The Bertz CT molecular complexity index is 1600. The average Bonchev–Trinajstić information content (AvgIpc) is 3.72. The highest BCUT2D eigenvalue weighted by Gasteiger charge is 2.34. The first-order valence-electron chi connectivity index (χ1n) is 15.4. The summed E-state index contributed by atoms with van der Waals surface area (Å²) in [6.45, 7) is 3.75. The van der Waals surface area contributed by atoms with E-state index in [1.807, 2.05) is 21.9 Å². The molecule has 1 aromatic carbocycles. The van der Waals surface area contributed by atoms with Crippen molar-refractivity contribution in [2.75, 3.05) is 44.3 Å². The minimum Gasteiger partial charge on any atom is -0.474 e. The van der Waals surface area contributed by atoms with Crippen LogP contribution < -0.4 is 9.64 Å². The van der Waals surface area contributed by atoms with Gasteiger partial charge in [0.25, 0.3) is 6.43 Å². The zero-order chi connectivity index (χ0) is 30.0. The predicted molar refractivity (Wildman–Crippen MR) is 159 cm³/mol. The van der Waals surface area contributed by atoms with Gasteiger partial charge in [-0.1, -0.05) is 12.1 Å². The van der Waals surface area contributed by atoms with Crippen LogP contribution in [-0.4, -0.2) is 80.8 Å². The molecule has 0 radical (unpaired) electrons. The van der Waals surface area contributed by atoms with E-state index in [9.17, 15) is 13.6 Å². The molecule has 0 bridgehead atoms. The van der Waals surface area contributed by atoms with Crippen LogP contribution in [0.3, 0.4) is 0 Å². The molecule has 10 nitrogen and oxygen atoms in total. The van der Waals surface area contributed by atoms with Crippen molar-refractivity contribution < 1.29 is 23.0 Å². The van der Waals surface area contributed by atoms with Gasteiger partial charge in [0, 0.05) is 56.5 Å². The first-order valence-corrected chi connectivity index (χ1v) is 15.4. The maximum absolute atomic E-state index is 14.2. The number of ether oxygens (including phenoxy) is 2. The highest BCUT2D eigenvalue weighted by Crippen LogP contribution is 2.34. The molecule has 1 unspecified atom stereocenters. The maximum Gasteiger partial charge on any atom is 0.296 e. The Morgan fingerprint density at radius 1 is 0.932 bits per heavy atom. The molecule has 0 spiro atoms. The summed E-state index contributed by atoms with van der Waals surface area (Å²) in [5.41, 5.74) is 2.23. The minimum atomic E-state index is -2.79. The summed E-state index contributed by atoms with van der Waals surface area (Å²) in [7, 11) is 0. The predicted octanol–water partition coefficient (Wildman–Crippen LogP) is 4.94. The number of para-hydroxylation sites is 2. The number of amides is 1. The Balaban J connectivity index is 1.08. The number of benzene rings is 1. The molecular weight excluding hydrogens is 568 g/mol. The lowest BCUT2D eigenvalue weighted by Gasteiger charge is -2.31. The first-order chi connectivity index (χ1) is 21.5. The van der Waals surface area contributed by atoms with Crippen LogP contribution in [0.2, 0.25) is 0 Å². The fourth-order valence-corrected chi connectivity index (χ4v) is 6.64. The molecule has 0 N–H and O–H groups in total. The minimum absolute atomic E-state index is 0.0261. The Hall–Kier alpha value is -4.19. The maximum atomic E-state index is 14.2. The fourth-order valence-electron chi connectivity index (χ4n) is 6.64. The molecule has 3 fully saturated rings. The van der Waals surface area contributed by atoms with Crippen molar-refractivity contribution in [3.63, 3.8) is 0 Å². The number of hydrogen-bond donors (Lipinski definition) is 0.